The molecule has 1 heterocycles. The first-order valence-electron chi connectivity index (χ1n) is 5.17. The second-order valence-electron chi connectivity index (χ2n) is 3.67. The first-order valence-corrected chi connectivity index (χ1v) is 5.96. The Bertz CT molecular complexity index is 584. The molecule has 5 nitrogen and oxygen atoms in total. The number of rotatable bonds is 3. The first-order chi connectivity index (χ1) is 8.58. The van der Waals surface area contributed by atoms with Crippen molar-refractivity contribution in [1.29, 1.82) is 0 Å². The molecule has 0 radical (unpaired) electrons. The van der Waals surface area contributed by atoms with E-state index in [1.165, 1.54) is 6.07 Å². The Kier molecular flexibility index (Phi) is 3.57. The van der Waals surface area contributed by atoms with Crippen LogP contribution in [0.25, 0.3) is 0 Å². The predicted molar refractivity (Wildman–Crippen MR) is 71.2 cm³/mol. The van der Waals surface area contributed by atoms with Crippen molar-refractivity contribution in [3.8, 4) is 0 Å². The van der Waals surface area contributed by atoms with Crippen LogP contribution in [0.4, 0.5) is 11.5 Å². The Morgan fingerprint density at radius 2 is 2.06 bits per heavy atom. The number of nitrogens with zero attached hydrogens (tertiary/aromatic N) is 2. The summed E-state index contributed by atoms with van der Waals surface area (Å²) in [4.78, 5) is 10.6. The second kappa shape index (κ2) is 5.14. The molecule has 1 aromatic heterocycles. The van der Waals surface area contributed by atoms with Gasteiger partial charge in [0.05, 0.1) is 5.69 Å². The van der Waals surface area contributed by atoms with Crippen LogP contribution < -0.4 is 5.32 Å². The number of hydrogen-bond donors (Lipinski definition) is 2. The third kappa shape index (κ3) is 2.65. The maximum Gasteiger partial charge on any atom is 0.356 e. The summed E-state index contributed by atoms with van der Waals surface area (Å²) >= 11 is 3.47. The summed E-state index contributed by atoms with van der Waals surface area (Å²) in [6, 6.07) is 8.77. The molecule has 0 spiro atoms. The van der Waals surface area contributed by atoms with Crippen LogP contribution in [0.15, 0.2) is 34.8 Å². The lowest BCUT2D eigenvalue weighted by atomic mass is 10.2. The summed E-state index contributed by atoms with van der Waals surface area (Å²) < 4.78 is 0.939. The van der Waals surface area contributed by atoms with E-state index in [1.54, 1.807) is 6.07 Å². The summed E-state index contributed by atoms with van der Waals surface area (Å²) in [5.74, 6) is -0.600. The van der Waals surface area contributed by atoms with E-state index in [-0.39, 0.29) is 5.69 Å². The number of hydrogen-bond acceptors (Lipinski definition) is 4. The Morgan fingerprint density at radius 3 is 2.67 bits per heavy atom. The van der Waals surface area contributed by atoms with Crippen LogP contribution in [0.1, 0.15) is 16.1 Å². The lowest BCUT2D eigenvalue weighted by Crippen LogP contribution is -2.03. The zero-order chi connectivity index (χ0) is 13.1. The van der Waals surface area contributed by atoms with Crippen LogP contribution in [-0.4, -0.2) is 21.3 Å². The number of anilines is 2. The Labute approximate surface area is 112 Å². The van der Waals surface area contributed by atoms with Crippen LogP contribution in [-0.2, 0) is 0 Å². The van der Waals surface area contributed by atoms with Gasteiger partial charge in [-0.1, -0.05) is 12.1 Å². The molecule has 0 fully saturated rings. The van der Waals surface area contributed by atoms with Gasteiger partial charge < -0.3 is 10.4 Å². The molecule has 2 N–H and O–H groups in total. The number of benzene rings is 1. The highest BCUT2D eigenvalue weighted by molar-refractivity contribution is 9.10. The van der Waals surface area contributed by atoms with Crippen molar-refractivity contribution >= 4 is 33.4 Å². The molecule has 0 saturated carbocycles. The Hall–Kier alpha value is -1.95. The van der Waals surface area contributed by atoms with Gasteiger partial charge in [0.15, 0.2) is 11.5 Å². The summed E-state index contributed by atoms with van der Waals surface area (Å²) in [7, 11) is 0. The minimum absolute atomic E-state index is 0.0798. The highest BCUT2D eigenvalue weighted by atomic mass is 79.9. The molecular formula is C12H10BrN3O2. The molecule has 0 atom stereocenters. The third-order valence-electron chi connectivity index (χ3n) is 2.34. The maximum absolute atomic E-state index is 10.6. The van der Waals surface area contributed by atoms with E-state index < -0.39 is 5.97 Å². The van der Waals surface area contributed by atoms with Crippen molar-refractivity contribution < 1.29 is 9.90 Å². The number of halogens is 1. The van der Waals surface area contributed by atoms with Gasteiger partial charge >= 0.3 is 5.97 Å². The standard InChI is InChI=1S/C12H10BrN3O2/c1-7-3-2-4-8(11(7)13)14-10-6-5-9(12(17)18)15-16-10/h2-6H,1H3,(H,14,16)(H,17,18). The zero-order valence-electron chi connectivity index (χ0n) is 9.51. The van der Waals surface area contributed by atoms with Crippen molar-refractivity contribution in [2.24, 2.45) is 0 Å². The molecule has 0 aliphatic heterocycles. The fourth-order valence-electron chi connectivity index (χ4n) is 1.39. The molecule has 2 aromatic rings. The van der Waals surface area contributed by atoms with Gasteiger partial charge in [-0.2, -0.15) is 0 Å². The van der Waals surface area contributed by atoms with Crippen molar-refractivity contribution in [1.82, 2.24) is 10.2 Å². The molecule has 1 aromatic carbocycles. The van der Waals surface area contributed by atoms with Gasteiger partial charge in [-0.3, -0.25) is 0 Å². The number of nitrogens with one attached hydrogen (secondary N) is 1. The first kappa shape index (κ1) is 12.5. The number of aryl methyl sites for hydroxylation is 1. The molecule has 0 bridgehead atoms. The van der Waals surface area contributed by atoms with E-state index in [1.807, 2.05) is 25.1 Å². The van der Waals surface area contributed by atoms with Gasteiger partial charge in [-0.25, -0.2) is 4.79 Å². The fourth-order valence-corrected chi connectivity index (χ4v) is 1.76. The molecule has 0 saturated heterocycles. The quantitative estimate of drug-likeness (QED) is 0.911. The molecule has 2 rings (SSSR count). The topological polar surface area (TPSA) is 75.1 Å². The minimum atomic E-state index is -1.09. The van der Waals surface area contributed by atoms with Gasteiger partial charge in [0.1, 0.15) is 0 Å². The number of aromatic nitrogens is 2. The number of aromatic carboxylic acids is 1. The number of carboxylic acid groups (broad SMARTS) is 1. The second-order valence-corrected chi connectivity index (χ2v) is 4.46. The summed E-state index contributed by atoms with van der Waals surface area (Å²) in [6.45, 7) is 1.98. The smallest absolute Gasteiger partial charge is 0.356 e. The largest absolute Gasteiger partial charge is 0.476 e. The van der Waals surface area contributed by atoms with Crippen LogP contribution in [0.3, 0.4) is 0 Å². The molecule has 0 aliphatic carbocycles. The molecule has 92 valence electrons. The molecule has 18 heavy (non-hydrogen) atoms. The molecule has 0 unspecified atom stereocenters. The van der Waals surface area contributed by atoms with E-state index in [0.717, 1.165) is 15.7 Å². The third-order valence-corrected chi connectivity index (χ3v) is 3.39. The highest BCUT2D eigenvalue weighted by Gasteiger charge is 2.07. The van der Waals surface area contributed by atoms with Gasteiger partial charge in [0.25, 0.3) is 0 Å². The Morgan fingerprint density at radius 1 is 1.28 bits per heavy atom. The average Bonchev–Trinajstić information content (AvgIpc) is 2.36. The zero-order valence-corrected chi connectivity index (χ0v) is 11.1. The molecule has 6 heteroatoms. The lowest BCUT2D eigenvalue weighted by Gasteiger charge is -2.08. The van der Waals surface area contributed by atoms with E-state index in [4.69, 9.17) is 5.11 Å². The summed E-state index contributed by atoms with van der Waals surface area (Å²) in [6.07, 6.45) is 0. The summed E-state index contributed by atoms with van der Waals surface area (Å²) in [5, 5.41) is 19.2. The van der Waals surface area contributed by atoms with Crippen molar-refractivity contribution in [3.05, 3.63) is 46.1 Å². The van der Waals surface area contributed by atoms with Crippen LogP contribution in [0.5, 0.6) is 0 Å². The highest BCUT2D eigenvalue weighted by Crippen LogP contribution is 2.27. The SMILES string of the molecule is Cc1cccc(Nc2ccc(C(=O)O)nn2)c1Br. The van der Waals surface area contributed by atoms with Gasteiger partial charge in [0, 0.05) is 4.47 Å². The summed E-state index contributed by atoms with van der Waals surface area (Å²) in [5.41, 5.74) is 1.87. The van der Waals surface area contributed by atoms with E-state index in [0.29, 0.717) is 5.82 Å². The van der Waals surface area contributed by atoms with E-state index in [2.05, 4.69) is 31.4 Å². The maximum atomic E-state index is 10.6. The number of carboxylic acids is 1. The van der Waals surface area contributed by atoms with Crippen molar-refractivity contribution in [2.45, 2.75) is 6.92 Å². The van der Waals surface area contributed by atoms with Crippen molar-refractivity contribution in [3.63, 3.8) is 0 Å². The van der Waals surface area contributed by atoms with Gasteiger partial charge in [-0.05, 0) is 46.6 Å². The number of carbonyl (C=O) groups is 1. The van der Waals surface area contributed by atoms with Crippen molar-refractivity contribution in [2.75, 3.05) is 5.32 Å². The predicted octanol–water partition coefficient (Wildman–Crippen LogP) is 2.99. The molecule has 0 amide bonds. The lowest BCUT2D eigenvalue weighted by molar-refractivity contribution is 0.0689. The van der Waals surface area contributed by atoms with E-state index >= 15 is 0 Å². The van der Waals surface area contributed by atoms with E-state index in [9.17, 15) is 4.79 Å². The minimum Gasteiger partial charge on any atom is -0.476 e. The molecule has 0 aliphatic rings. The van der Waals surface area contributed by atoms with Crippen LogP contribution >= 0.6 is 15.9 Å². The normalized spacial score (nSPS) is 10.1. The van der Waals surface area contributed by atoms with Gasteiger partial charge in [-0.15, -0.1) is 10.2 Å². The monoisotopic (exact) mass is 307 g/mol. The van der Waals surface area contributed by atoms with Gasteiger partial charge in [0.2, 0.25) is 0 Å². The Balaban J connectivity index is 2.24. The van der Waals surface area contributed by atoms with Crippen LogP contribution in [0.2, 0.25) is 0 Å². The van der Waals surface area contributed by atoms with Crippen LogP contribution in [0, 0.1) is 6.92 Å². The molecular weight excluding hydrogens is 298 g/mol. The average molecular weight is 308 g/mol. The fraction of sp³-hybridized carbons (Fsp3) is 0.0833.